The van der Waals surface area contributed by atoms with Crippen molar-refractivity contribution >= 4 is 5.57 Å². The highest BCUT2D eigenvalue weighted by atomic mass is 19.1. The number of rotatable bonds is 1. The minimum atomic E-state index is -0.132. The van der Waals surface area contributed by atoms with Crippen LogP contribution in [0.25, 0.3) is 5.57 Å². The van der Waals surface area contributed by atoms with Crippen molar-refractivity contribution in [2.75, 3.05) is 0 Å². The molecule has 0 radical (unpaired) electrons. The first kappa shape index (κ1) is 7.29. The summed E-state index contributed by atoms with van der Waals surface area (Å²) in [4.78, 5) is 0. The second-order valence-electron chi connectivity index (χ2n) is 2.80. The Morgan fingerprint density at radius 3 is 2.67 bits per heavy atom. The van der Waals surface area contributed by atoms with Crippen molar-refractivity contribution in [2.24, 2.45) is 0 Å². The molecule has 1 aliphatic carbocycles. The number of benzene rings is 1. The topological polar surface area (TPSA) is 0 Å². The second kappa shape index (κ2) is 2.94. The molecule has 1 aromatic carbocycles. The van der Waals surface area contributed by atoms with Crippen molar-refractivity contribution in [3.63, 3.8) is 0 Å². The van der Waals surface area contributed by atoms with E-state index in [1.807, 2.05) is 30.4 Å². The molecular formula is C11H9F. The van der Waals surface area contributed by atoms with E-state index in [0.717, 1.165) is 17.6 Å². The molecule has 1 aromatic rings. The quantitative estimate of drug-likeness (QED) is 0.592. The fourth-order valence-electron chi connectivity index (χ4n) is 1.37. The van der Waals surface area contributed by atoms with Gasteiger partial charge in [-0.1, -0.05) is 36.4 Å². The monoisotopic (exact) mass is 160 g/mol. The predicted octanol–water partition coefficient (Wildman–Crippen LogP) is 3.17. The Hall–Kier alpha value is -1.37. The molecule has 0 bridgehead atoms. The highest BCUT2D eigenvalue weighted by molar-refractivity contribution is 5.71. The minimum absolute atomic E-state index is 0.132. The summed E-state index contributed by atoms with van der Waals surface area (Å²) in [6.45, 7) is 0. The van der Waals surface area contributed by atoms with Crippen LogP contribution in [-0.2, 0) is 0 Å². The summed E-state index contributed by atoms with van der Waals surface area (Å²) >= 11 is 0. The van der Waals surface area contributed by atoms with Crippen molar-refractivity contribution in [3.8, 4) is 0 Å². The first-order valence-corrected chi connectivity index (χ1v) is 3.98. The zero-order valence-electron chi connectivity index (χ0n) is 6.63. The van der Waals surface area contributed by atoms with Gasteiger partial charge in [0.25, 0.3) is 0 Å². The van der Waals surface area contributed by atoms with Crippen molar-refractivity contribution in [1.82, 2.24) is 0 Å². The molecule has 0 saturated heterocycles. The van der Waals surface area contributed by atoms with Gasteiger partial charge >= 0.3 is 0 Å². The van der Waals surface area contributed by atoms with Gasteiger partial charge in [-0.05, 0) is 18.1 Å². The van der Waals surface area contributed by atoms with Crippen LogP contribution in [0.3, 0.4) is 0 Å². The van der Waals surface area contributed by atoms with Crippen LogP contribution in [0.15, 0.2) is 42.5 Å². The Morgan fingerprint density at radius 2 is 2.00 bits per heavy atom. The molecular weight excluding hydrogens is 151 g/mol. The average molecular weight is 160 g/mol. The summed E-state index contributed by atoms with van der Waals surface area (Å²) in [6, 6.07) is 6.88. The maximum Gasteiger partial charge on any atom is 0.130 e. The van der Waals surface area contributed by atoms with E-state index in [1.165, 1.54) is 6.07 Å². The molecule has 0 amide bonds. The molecule has 60 valence electrons. The molecule has 0 aromatic heterocycles. The molecule has 0 unspecified atom stereocenters. The molecule has 2 rings (SSSR count). The molecule has 12 heavy (non-hydrogen) atoms. The van der Waals surface area contributed by atoms with E-state index in [9.17, 15) is 4.39 Å². The molecule has 1 aliphatic rings. The lowest BCUT2D eigenvalue weighted by atomic mass is 10.1. The van der Waals surface area contributed by atoms with Crippen LogP contribution >= 0.6 is 0 Å². The largest absolute Gasteiger partial charge is 0.206 e. The normalized spacial score (nSPS) is 14.9. The van der Waals surface area contributed by atoms with Gasteiger partial charge in [-0.15, -0.1) is 0 Å². The molecule has 0 saturated carbocycles. The Kier molecular flexibility index (Phi) is 1.78. The van der Waals surface area contributed by atoms with E-state index >= 15 is 0 Å². The first-order chi connectivity index (χ1) is 5.88. The fraction of sp³-hybridized carbons (Fsp3) is 0.0909. The van der Waals surface area contributed by atoms with Gasteiger partial charge in [0.15, 0.2) is 0 Å². The maximum absolute atomic E-state index is 13.2. The molecule has 0 spiro atoms. The van der Waals surface area contributed by atoms with Gasteiger partial charge in [0, 0.05) is 5.56 Å². The van der Waals surface area contributed by atoms with Gasteiger partial charge in [0.05, 0.1) is 0 Å². The molecule has 0 heterocycles. The summed E-state index contributed by atoms with van der Waals surface area (Å²) in [6.07, 6.45) is 6.79. The predicted molar refractivity (Wildman–Crippen MR) is 48.1 cm³/mol. The van der Waals surface area contributed by atoms with Crippen LogP contribution in [0, 0.1) is 5.82 Å². The van der Waals surface area contributed by atoms with Gasteiger partial charge in [0.1, 0.15) is 5.82 Å². The van der Waals surface area contributed by atoms with Gasteiger partial charge in [-0.3, -0.25) is 0 Å². The van der Waals surface area contributed by atoms with E-state index in [-0.39, 0.29) is 5.82 Å². The summed E-state index contributed by atoms with van der Waals surface area (Å²) in [5, 5.41) is 0. The maximum atomic E-state index is 13.2. The summed E-state index contributed by atoms with van der Waals surface area (Å²) in [5.74, 6) is -0.132. The first-order valence-electron chi connectivity index (χ1n) is 3.98. The smallest absolute Gasteiger partial charge is 0.130 e. The van der Waals surface area contributed by atoms with Gasteiger partial charge in [-0.25, -0.2) is 4.39 Å². The zero-order valence-corrected chi connectivity index (χ0v) is 6.63. The summed E-state index contributed by atoms with van der Waals surface area (Å²) < 4.78 is 13.2. The van der Waals surface area contributed by atoms with Crippen LogP contribution in [-0.4, -0.2) is 0 Å². The summed E-state index contributed by atoms with van der Waals surface area (Å²) in [7, 11) is 0. The zero-order chi connectivity index (χ0) is 8.39. The molecule has 0 nitrogen and oxygen atoms in total. The lowest BCUT2D eigenvalue weighted by molar-refractivity contribution is 0.623. The summed E-state index contributed by atoms with van der Waals surface area (Å²) in [5.41, 5.74) is 1.79. The van der Waals surface area contributed by atoms with E-state index in [1.54, 1.807) is 6.07 Å². The van der Waals surface area contributed by atoms with Gasteiger partial charge in [0.2, 0.25) is 0 Å². The number of allylic oxidation sites excluding steroid dienone is 4. The average Bonchev–Trinajstić information content (AvgIpc) is 2.57. The molecule has 0 atom stereocenters. The Bertz CT molecular complexity index is 348. The highest BCUT2D eigenvalue weighted by Crippen LogP contribution is 2.24. The van der Waals surface area contributed by atoms with Crippen LogP contribution in [0.1, 0.15) is 12.0 Å². The van der Waals surface area contributed by atoms with E-state index in [2.05, 4.69) is 0 Å². The van der Waals surface area contributed by atoms with Crippen LogP contribution in [0.4, 0.5) is 4.39 Å². The standard InChI is InChI=1S/C11H9F/c12-11-8-4-3-7-10(11)9-5-1-2-6-9/h1-5,7-8H,6H2. The second-order valence-corrected chi connectivity index (χ2v) is 2.80. The molecule has 0 fully saturated rings. The third-order valence-electron chi connectivity index (χ3n) is 1.99. The van der Waals surface area contributed by atoms with Crippen molar-refractivity contribution in [2.45, 2.75) is 6.42 Å². The van der Waals surface area contributed by atoms with Crippen molar-refractivity contribution in [3.05, 3.63) is 53.9 Å². The lowest BCUT2D eigenvalue weighted by Gasteiger charge is -2.02. The van der Waals surface area contributed by atoms with E-state index in [4.69, 9.17) is 0 Å². The van der Waals surface area contributed by atoms with Crippen molar-refractivity contribution < 1.29 is 4.39 Å². The lowest BCUT2D eigenvalue weighted by Crippen LogP contribution is -1.85. The Labute approximate surface area is 71.0 Å². The molecule has 0 N–H and O–H groups in total. The van der Waals surface area contributed by atoms with Crippen molar-refractivity contribution in [1.29, 1.82) is 0 Å². The number of hydrogen-bond acceptors (Lipinski definition) is 0. The van der Waals surface area contributed by atoms with Crippen LogP contribution in [0.5, 0.6) is 0 Å². The third kappa shape index (κ3) is 1.18. The van der Waals surface area contributed by atoms with Gasteiger partial charge < -0.3 is 0 Å². The van der Waals surface area contributed by atoms with Crippen LogP contribution < -0.4 is 0 Å². The highest BCUT2D eigenvalue weighted by Gasteiger charge is 2.06. The molecule has 0 aliphatic heterocycles. The SMILES string of the molecule is Fc1ccccc1C1=CC=CC1. The van der Waals surface area contributed by atoms with E-state index in [0.29, 0.717) is 0 Å². The van der Waals surface area contributed by atoms with E-state index < -0.39 is 0 Å². The molecule has 1 heteroatoms. The van der Waals surface area contributed by atoms with Crippen LogP contribution in [0.2, 0.25) is 0 Å². The van der Waals surface area contributed by atoms with Gasteiger partial charge in [-0.2, -0.15) is 0 Å². The third-order valence-corrected chi connectivity index (χ3v) is 1.99. The fourth-order valence-corrected chi connectivity index (χ4v) is 1.37. The Morgan fingerprint density at radius 1 is 1.17 bits per heavy atom. The number of halogens is 1. The Balaban J connectivity index is 2.40. The minimum Gasteiger partial charge on any atom is -0.206 e. The number of hydrogen-bond donors (Lipinski definition) is 0.